The van der Waals surface area contributed by atoms with Gasteiger partial charge in [-0.1, -0.05) is 0 Å². The molecule has 2 atom stereocenters. The van der Waals surface area contributed by atoms with Crippen molar-refractivity contribution in [2.75, 3.05) is 0 Å². The minimum absolute atomic E-state index is 0.0114. The third-order valence-electron chi connectivity index (χ3n) is 5.22. The van der Waals surface area contributed by atoms with Gasteiger partial charge in [0.2, 0.25) is 0 Å². The van der Waals surface area contributed by atoms with Crippen LogP contribution in [-0.4, -0.2) is 37.4 Å². The average molecular weight is 449 g/mol. The number of fused-ring (bicyclic) bond motifs is 3. The number of carbonyl (C=O) groups is 1. The van der Waals surface area contributed by atoms with E-state index in [1.54, 1.807) is 13.0 Å². The van der Waals surface area contributed by atoms with E-state index in [2.05, 4.69) is 16.2 Å². The van der Waals surface area contributed by atoms with Crippen LogP contribution in [0.3, 0.4) is 0 Å². The Labute approximate surface area is 167 Å². The molecule has 4 rings (SSSR count). The van der Waals surface area contributed by atoms with E-state index in [0.717, 1.165) is 30.2 Å². The second kappa shape index (κ2) is 7.33. The zero-order valence-electron chi connectivity index (χ0n) is 15.2. The summed E-state index contributed by atoms with van der Waals surface area (Å²) in [7, 11) is 0. The standard InChI is InChI=1S/C19H20AsClN3O3/c1-10-16-18(23-27-10)17-13(21)4-3-5-14(17)24(19(16)26)12-7-6-11(8-12)22-15(25)9-20-2/h3-5,11-12H,6-9H2,1-2H3,(H,22,25). The van der Waals surface area contributed by atoms with Gasteiger partial charge in [-0.2, -0.15) is 0 Å². The molecule has 8 heteroatoms. The number of aryl methyl sites for hydroxylation is 1. The molecule has 1 amide bonds. The van der Waals surface area contributed by atoms with Gasteiger partial charge >= 0.3 is 168 Å². The molecule has 27 heavy (non-hydrogen) atoms. The van der Waals surface area contributed by atoms with Crippen LogP contribution in [0.25, 0.3) is 21.8 Å². The summed E-state index contributed by atoms with van der Waals surface area (Å²) in [5.74, 6) is 0.619. The van der Waals surface area contributed by atoms with Gasteiger partial charge < -0.3 is 0 Å². The molecule has 1 aliphatic carbocycles. The summed E-state index contributed by atoms with van der Waals surface area (Å²) in [6, 6.07) is 5.66. The maximum absolute atomic E-state index is 13.3. The average Bonchev–Trinajstić information content (AvgIpc) is 3.22. The number of pyridine rings is 1. The molecule has 0 saturated heterocycles. The van der Waals surface area contributed by atoms with Crippen LogP contribution in [0.2, 0.25) is 15.9 Å². The van der Waals surface area contributed by atoms with E-state index >= 15 is 0 Å². The first kappa shape index (κ1) is 18.6. The third kappa shape index (κ3) is 3.19. The van der Waals surface area contributed by atoms with Crippen molar-refractivity contribution in [1.82, 2.24) is 15.0 Å². The van der Waals surface area contributed by atoms with Gasteiger partial charge in [0, 0.05) is 0 Å². The fourth-order valence-electron chi connectivity index (χ4n) is 4.08. The molecule has 141 valence electrons. The number of nitrogens with one attached hydrogen (secondary N) is 1. The molecule has 2 aromatic heterocycles. The first-order chi connectivity index (χ1) is 13.0. The molecule has 3 aromatic rings. The maximum atomic E-state index is 13.3. The van der Waals surface area contributed by atoms with Crippen molar-refractivity contribution in [3.05, 3.63) is 39.3 Å². The van der Waals surface area contributed by atoms with Gasteiger partial charge in [0.05, 0.1) is 0 Å². The Kier molecular flexibility index (Phi) is 5.04. The Morgan fingerprint density at radius 3 is 3.00 bits per heavy atom. The molecule has 1 fully saturated rings. The van der Waals surface area contributed by atoms with Crippen LogP contribution in [0.1, 0.15) is 31.1 Å². The topological polar surface area (TPSA) is 77.1 Å². The zero-order valence-corrected chi connectivity index (χ0v) is 17.8. The molecule has 1 N–H and O–H groups in total. The summed E-state index contributed by atoms with van der Waals surface area (Å²) in [6.07, 6.45) is 2.44. The molecule has 1 saturated carbocycles. The van der Waals surface area contributed by atoms with Gasteiger partial charge in [0.1, 0.15) is 0 Å². The number of hydrogen-bond donors (Lipinski definition) is 1. The number of nitrogens with zero attached hydrogens (tertiary/aromatic N) is 2. The molecule has 0 aliphatic heterocycles. The quantitative estimate of drug-likeness (QED) is 0.620. The predicted octanol–water partition coefficient (Wildman–Crippen LogP) is 3.48. The van der Waals surface area contributed by atoms with Gasteiger partial charge in [-0.3, -0.25) is 0 Å². The monoisotopic (exact) mass is 448 g/mol. The molecule has 2 heterocycles. The van der Waals surface area contributed by atoms with Crippen LogP contribution in [0, 0.1) is 6.92 Å². The van der Waals surface area contributed by atoms with E-state index in [-0.39, 0.29) is 39.3 Å². The Morgan fingerprint density at radius 2 is 2.22 bits per heavy atom. The number of carbonyl (C=O) groups excluding carboxylic acids is 1. The van der Waals surface area contributed by atoms with Gasteiger partial charge in [-0.25, -0.2) is 0 Å². The molecular formula is C19H20AsClN3O3. The summed E-state index contributed by atoms with van der Waals surface area (Å²) in [5, 5.41) is 9.60. The van der Waals surface area contributed by atoms with Crippen LogP contribution in [0.4, 0.5) is 0 Å². The van der Waals surface area contributed by atoms with Gasteiger partial charge in [0.25, 0.3) is 0 Å². The number of benzene rings is 1. The second-order valence-corrected chi connectivity index (χ2v) is 9.37. The second-order valence-electron chi connectivity index (χ2n) is 6.98. The fourth-order valence-corrected chi connectivity index (χ4v) is 5.13. The van der Waals surface area contributed by atoms with Crippen molar-refractivity contribution in [2.24, 2.45) is 0 Å². The third-order valence-corrected chi connectivity index (χ3v) is 6.80. The van der Waals surface area contributed by atoms with Gasteiger partial charge in [-0.15, -0.1) is 0 Å². The summed E-state index contributed by atoms with van der Waals surface area (Å²) >= 11 is 6.53. The zero-order chi connectivity index (χ0) is 19.1. The fraction of sp³-hybridized carbons (Fsp3) is 0.421. The van der Waals surface area contributed by atoms with Crippen molar-refractivity contribution in [1.29, 1.82) is 0 Å². The van der Waals surface area contributed by atoms with Crippen molar-refractivity contribution in [2.45, 2.75) is 49.2 Å². The molecule has 1 aromatic carbocycles. The summed E-state index contributed by atoms with van der Waals surface area (Å²) < 4.78 is 7.13. The van der Waals surface area contributed by atoms with Gasteiger partial charge in [0.15, 0.2) is 0 Å². The van der Waals surface area contributed by atoms with Crippen LogP contribution >= 0.6 is 11.6 Å². The molecular weight excluding hydrogens is 429 g/mol. The molecule has 0 bridgehead atoms. The van der Waals surface area contributed by atoms with Crippen molar-refractivity contribution in [3.63, 3.8) is 0 Å². The molecule has 1 radical (unpaired) electrons. The molecule has 0 spiro atoms. The van der Waals surface area contributed by atoms with Crippen molar-refractivity contribution < 1.29 is 9.32 Å². The van der Waals surface area contributed by atoms with E-state index < -0.39 is 0 Å². The summed E-state index contributed by atoms with van der Waals surface area (Å²) in [4.78, 5) is 25.2. The summed E-state index contributed by atoms with van der Waals surface area (Å²) in [6.45, 7) is 1.74. The van der Waals surface area contributed by atoms with E-state index in [0.29, 0.717) is 26.9 Å². The van der Waals surface area contributed by atoms with Crippen LogP contribution in [-0.2, 0) is 4.79 Å². The first-order valence-electron chi connectivity index (χ1n) is 8.95. The Bertz CT molecular complexity index is 1090. The van der Waals surface area contributed by atoms with Crippen molar-refractivity contribution in [3.8, 4) is 0 Å². The van der Waals surface area contributed by atoms with Crippen molar-refractivity contribution >= 4 is 55.1 Å². The predicted molar refractivity (Wildman–Crippen MR) is 107 cm³/mol. The normalized spacial score (nSPS) is 20.3. The van der Waals surface area contributed by atoms with Crippen LogP contribution in [0.5, 0.6) is 0 Å². The Morgan fingerprint density at radius 1 is 1.41 bits per heavy atom. The number of amides is 1. The number of hydrogen-bond acceptors (Lipinski definition) is 4. The first-order valence-corrected chi connectivity index (χ1v) is 12.5. The van der Waals surface area contributed by atoms with Crippen LogP contribution in [0.15, 0.2) is 27.5 Å². The van der Waals surface area contributed by atoms with Gasteiger partial charge in [-0.05, 0) is 0 Å². The van der Waals surface area contributed by atoms with E-state index in [4.69, 9.17) is 16.1 Å². The summed E-state index contributed by atoms with van der Waals surface area (Å²) in [5.41, 5.74) is 3.26. The Hall–Kier alpha value is -1.78. The Balaban J connectivity index is 1.81. The molecule has 2 unspecified atom stereocenters. The number of halogens is 1. The van der Waals surface area contributed by atoms with Crippen LogP contribution < -0.4 is 10.9 Å². The molecule has 6 nitrogen and oxygen atoms in total. The van der Waals surface area contributed by atoms with E-state index in [1.807, 2.05) is 16.7 Å². The minimum atomic E-state index is -0.103. The molecule has 1 aliphatic rings. The number of rotatable bonds is 4. The van der Waals surface area contributed by atoms with E-state index in [9.17, 15) is 9.59 Å². The number of aromatic nitrogens is 2. The SMILES string of the molecule is C[As]CC(=O)NC1CCC(n2c(=O)c3c(C)onc3c3c(Cl)cccc32)C1. The van der Waals surface area contributed by atoms with E-state index in [1.165, 1.54) is 0 Å².